The summed E-state index contributed by atoms with van der Waals surface area (Å²) in [5, 5.41) is 34.3. The van der Waals surface area contributed by atoms with Crippen molar-refractivity contribution in [3.8, 4) is 11.5 Å². The molecule has 3 rings (SSSR count). The van der Waals surface area contributed by atoms with Gasteiger partial charge in [-0.05, 0) is 96.4 Å². The van der Waals surface area contributed by atoms with Crippen molar-refractivity contribution in [2.75, 3.05) is 0 Å². The molecule has 0 aliphatic heterocycles. The Balaban J connectivity index is 2.50. The number of aryl methyl sites for hydroxylation is 1. The minimum atomic E-state index is -0.980. The summed E-state index contributed by atoms with van der Waals surface area (Å²) in [7, 11) is 0. The first-order valence-corrected chi connectivity index (χ1v) is 11.8. The van der Waals surface area contributed by atoms with Crippen molar-refractivity contribution in [2.45, 2.75) is 73.1 Å². The molecule has 0 radical (unpaired) electrons. The molecule has 0 spiro atoms. The summed E-state index contributed by atoms with van der Waals surface area (Å²) in [6, 6.07) is 5.33. The Labute approximate surface area is 202 Å². The van der Waals surface area contributed by atoms with E-state index in [0.29, 0.717) is 29.4 Å². The third kappa shape index (κ3) is 4.54. The molecule has 0 saturated heterocycles. The lowest BCUT2D eigenvalue weighted by Gasteiger charge is -2.38. The Morgan fingerprint density at radius 1 is 0.853 bits per heavy atom. The van der Waals surface area contributed by atoms with Gasteiger partial charge in [-0.2, -0.15) is 0 Å². The molecule has 3 N–H and O–H groups in total. The average molecular weight is 461 g/mol. The number of rotatable bonds is 6. The summed E-state index contributed by atoms with van der Waals surface area (Å²) in [5.74, 6) is -0.573. The van der Waals surface area contributed by atoms with Gasteiger partial charge in [0.05, 0.1) is 16.4 Å². The van der Waals surface area contributed by atoms with Gasteiger partial charge in [-0.15, -0.1) is 0 Å². The molecule has 4 nitrogen and oxygen atoms in total. The smallest absolute Gasteiger partial charge is 0.174 e. The van der Waals surface area contributed by atoms with Crippen molar-refractivity contribution >= 4 is 22.3 Å². The highest BCUT2D eigenvalue weighted by molar-refractivity contribution is 6.14. The second kappa shape index (κ2) is 9.54. The van der Waals surface area contributed by atoms with Gasteiger partial charge in [0.15, 0.2) is 5.78 Å². The van der Waals surface area contributed by atoms with Crippen LogP contribution in [0.25, 0.3) is 16.5 Å². The Morgan fingerprint density at radius 3 is 1.94 bits per heavy atom. The van der Waals surface area contributed by atoms with Crippen LogP contribution in [0.2, 0.25) is 0 Å². The van der Waals surface area contributed by atoms with Crippen LogP contribution in [0.15, 0.2) is 58.7 Å². The number of phenols is 2. The summed E-state index contributed by atoms with van der Waals surface area (Å²) >= 11 is 0. The molecular weight excluding hydrogens is 424 g/mol. The number of Topliss-reactive ketones (excluding diaryl/α,β-unsaturated/α-hetero) is 1. The van der Waals surface area contributed by atoms with Crippen molar-refractivity contribution in [1.29, 1.82) is 0 Å². The largest absolute Gasteiger partial charge is 0.507 e. The van der Waals surface area contributed by atoms with Gasteiger partial charge in [0, 0.05) is 5.57 Å². The van der Waals surface area contributed by atoms with E-state index in [2.05, 4.69) is 12.2 Å². The maximum absolute atomic E-state index is 14.2. The van der Waals surface area contributed by atoms with Gasteiger partial charge >= 0.3 is 0 Å². The van der Waals surface area contributed by atoms with Crippen LogP contribution in [0, 0.1) is 6.92 Å². The van der Waals surface area contributed by atoms with Crippen LogP contribution in [0.5, 0.6) is 11.5 Å². The number of allylic oxidation sites excluding steroid dienone is 7. The fourth-order valence-corrected chi connectivity index (χ4v) is 4.67. The van der Waals surface area contributed by atoms with E-state index in [0.717, 1.165) is 22.3 Å². The minimum Gasteiger partial charge on any atom is -0.507 e. The molecule has 2 aromatic carbocycles. The first-order chi connectivity index (χ1) is 15.9. The average Bonchev–Trinajstić information content (AvgIpc) is 2.72. The van der Waals surface area contributed by atoms with Crippen LogP contribution < -0.4 is 0 Å². The van der Waals surface area contributed by atoms with Crippen molar-refractivity contribution in [1.82, 2.24) is 0 Å². The van der Waals surface area contributed by atoms with Crippen LogP contribution in [-0.4, -0.2) is 21.1 Å². The quantitative estimate of drug-likeness (QED) is 0.386. The number of aliphatic hydroxyl groups excluding tert-OH is 1. The molecule has 0 atom stereocenters. The molecule has 0 bridgehead atoms. The van der Waals surface area contributed by atoms with Gasteiger partial charge < -0.3 is 15.3 Å². The predicted octanol–water partition coefficient (Wildman–Crippen LogP) is 7.72. The topological polar surface area (TPSA) is 77.8 Å². The zero-order valence-corrected chi connectivity index (χ0v) is 21.3. The Hall–Kier alpha value is -3.27. The van der Waals surface area contributed by atoms with E-state index in [9.17, 15) is 20.1 Å². The molecule has 0 fully saturated rings. The van der Waals surface area contributed by atoms with Gasteiger partial charge in [0.25, 0.3) is 0 Å². The number of ketones is 1. The lowest BCUT2D eigenvalue weighted by Crippen LogP contribution is -2.40. The highest BCUT2D eigenvalue weighted by Crippen LogP contribution is 2.52. The molecule has 0 saturated carbocycles. The fourth-order valence-electron chi connectivity index (χ4n) is 4.67. The van der Waals surface area contributed by atoms with Gasteiger partial charge in [-0.3, -0.25) is 4.79 Å². The van der Waals surface area contributed by atoms with Crippen LogP contribution >= 0.6 is 0 Å². The molecule has 1 aliphatic carbocycles. The van der Waals surface area contributed by atoms with Crippen LogP contribution in [0.1, 0.15) is 77.5 Å². The summed E-state index contributed by atoms with van der Waals surface area (Å²) in [4.78, 5) is 14.2. The number of fused-ring (bicyclic) bond motifs is 2. The van der Waals surface area contributed by atoms with E-state index in [4.69, 9.17) is 0 Å². The van der Waals surface area contributed by atoms with Gasteiger partial charge in [-0.1, -0.05) is 41.0 Å². The fraction of sp³-hybridized carbons (Fsp3) is 0.367. The number of aromatic hydroxyl groups is 2. The maximum atomic E-state index is 14.2. The number of carbonyl (C=O) groups is 1. The number of hydrogen-bond acceptors (Lipinski definition) is 4. The van der Waals surface area contributed by atoms with Crippen LogP contribution in [0.3, 0.4) is 0 Å². The molecule has 0 heterocycles. The van der Waals surface area contributed by atoms with Gasteiger partial charge in [-0.25, -0.2) is 0 Å². The van der Waals surface area contributed by atoms with Crippen molar-refractivity contribution in [3.05, 3.63) is 75.4 Å². The number of benzene rings is 2. The third-order valence-corrected chi connectivity index (χ3v) is 6.51. The van der Waals surface area contributed by atoms with Gasteiger partial charge in [0.2, 0.25) is 0 Å². The number of hydrogen-bond donors (Lipinski definition) is 3. The van der Waals surface area contributed by atoms with Gasteiger partial charge in [0.1, 0.15) is 17.3 Å². The van der Waals surface area contributed by atoms with Crippen molar-refractivity contribution in [2.24, 2.45) is 0 Å². The molecule has 2 aromatic rings. The Bertz CT molecular complexity index is 1250. The molecule has 4 heteroatoms. The maximum Gasteiger partial charge on any atom is 0.174 e. The number of phenolic OH excluding ortho intramolecular Hbond substituents is 2. The SMILES string of the molecule is CC(C)=CCC1=C(O)c2c(cc3cc(C)cc(O)c3c2O)C(CC=C(C)C)(CC=C(C)C)C1=O. The second-order valence-corrected chi connectivity index (χ2v) is 10.2. The van der Waals surface area contributed by atoms with Crippen LogP contribution in [-0.2, 0) is 10.2 Å². The molecule has 0 aromatic heterocycles. The first kappa shape index (κ1) is 25.4. The van der Waals surface area contributed by atoms with E-state index in [1.54, 1.807) is 6.07 Å². The molecule has 0 amide bonds. The standard InChI is InChI=1S/C30H36O4/c1-17(2)8-9-22-27(32)26-23(16-21-14-20(7)15-24(31)25(21)28(26)33)30(29(22)34,12-10-18(3)4)13-11-19(5)6/h8,10-11,14-16,31-33H,9,12-13H2,1-7H3. The Morgan fingerprint density at radius 2 is 1.41 bits per heavy atom. The van der Waals surface area contributed by atoms with Crippen molar-refractivity contribution in [3.63, 3.8) is 0 Å². The molecule has 0 unspecified atom stereocenters. The number of carbonyl (C=O) groups excluding carboxylic acids is 1. The monoisotopic (exact) mass is 460 g/mol. The lowest BCUT2D eigenvalue weighted by molar-refractivity contribution is -0.121. The normalized spacial score (nSPS) is 14.6. The second-order valence-electron chi connectivity index (χ2n) is 10.2. The molecule has 180 valence electrons. The zero-order chi connectivity index (χ0) is 25.4. The molecule has 1 aliphatic rings. The Kier molecular flexibility index (Phi) is 7.11. The van der Waals surface area contributed by atoms with E-state index >= 15 is 0 Å². The van der Waals surface area contributed by atoms with E-state index in [-0.39, 0.29) is 40.4 Å². The summed E-state index contributed by atoms with van der Waals surface area (Å²) in [5.41, 5.74) is 4.21. The van der Waals surface area contributed by atoms with Crippen molar-refractivity contribution < 1.29 is 20.1 Å². The van der Waals surface area contributed by atoms with E-state index in [1.165, 1.54) is 0 Å². The number of aliphatic hydroxyl groups is 1. The minimum absolute atomic E-state index is 0.0509. The summed E-state index contributed by atoms with van der Waals surface area (Å²) in [6.07, 6.45) is 7.18. The zero-order valence-electron chi connectivity index (χ0n) is 21.3. The van der Waals surface area contributed by atoms with E-state index in [1.807, 2.05) is 66.7 Å². The lowest BCUT2D eigenvalue weighted by atomic mass is 9.63. The van der Waals surface area contributed by atoms with Crippen LogP contribution in [0.4, 0.5) is 0 Å². The predicted molar refractivity (Wildman–Crippen MR) is 140 cm³/mol. The first-order valence-electron chi connectivity index (χ1n) is 11.8. The molecular formula is C30H36O4. The summed E-state index contributed by atoms with van der Waals surface area (Å²) < 4.78 is 0. The third-order valence-electron chi connectivity index (χ3n) is 6.51. The van der Waals surface area contributed by atoms with E-state index < -0.39 is 5.41 Å². The summed E-state index contributed by atoms with van der Waals surface area (Å²) in [6.45, 7) is 13.8. The highest BCUT2D eigenvalue weighted by Gasteiger charge is 2.47. The molecule has 34 heavy (non-hydrogen) atoms. The highest BCUT2D eigenvalue weighted by atomic mass is 16.3.